The number of ether oxygens (including phenoxy) is 1. The second-order valence-corrected chi connectivity index (χ2v) is 5.54. The molecule has 0 aromatic carbocycles. The first kappa shape index (κ1) is 14.3. The van der Waals surface area contributed by atoms with Crippen LogP contribution in [0.3, 0.4) is 0 Å². The summed E-state index contributed by atoms with van der Waals surface area (Å²) in [6, 6.07) is 0. The van der Waals surface area contributed by atoms with E-state index in [1.165, 1.54) is 0 Å². The maximum Gasteiger partial charge on any atom is 0.309 e. The molecule has 1 fully saturated rings. The smallest absolute Gasteiger partial charge is 0.309 e. The van der Waals surface area contributed by atoms with E-state index in [4.69, 9.17) is 4.74 Å². The van der Waals surface area contributed by atoms with Crippen molar-refractivity contribution in [3.63, 3.8) is 0 Å². The molecule has 1 heterocycles. The van der Waals surface area contributed by atoms with Gasteiger partial charge in [0, 0.05) is 5.92 Å². The van der Waals surface area contributed by atoms with E-state index in [1.807, 2.05) is 26.0 Å². The molecule has 1 aliphatic carbocycles. The summed E-state index contributed by atoms with van der Waals surface area (Å²) in [5.41, 5.74) is 1.84. The molecule has 2 rings (SSSR count). The minimum Gasteiger partial charge on any atom is -0.459 e. The van der Waals surface area contributed by atoms with Crippen LogP contribution in [0, 0.1) is 11.8 Å². The van der Waals surface area contributed by atoms with Crippen molar-refractivity contribution in [3.05, 3.63) is 23.3 Å². The van der Waals surface area contributed by atoms with Gasteiger partial charge in [-0.05, 0) is 37.3 Å². The summed E-state index contributed by atoms with van der Waals surface area (Å²) in [7, 11) is 0. The zero-order chi connectivity index (χ0) is 14.0. The summed E-state index contributed by atoms with van der Waals surface area (Å²) in [5.74, 6) is -0.464. The molecule has 0 aromatic heterocycles. The molecule has 0 spiro atoms. The van der Waals surface area contributed by atoms with Gasteiger partial charge >= 0.3 is 5.97 Å². The Morgan fingerprint density at radius 3 is 2.84 bits per heavy atom. The number of aliphatic hydroxyl groups is 2. The van der Waals surface area contributed by atoms with Gasteiger partial charge in [-0.15, -0.1) is 0 Å². The largest absolute Gasteiger partial charge is 0.459 e. The van der Waals surface area contributed by atoms with Crippen LogP contribution in [0.25, 0.3) is 0 Å². The predicted molar refractivity (Wildman–Crippen MR) is 71.3 cm³/mol. The molecule has 1 aliphatic heterocycles. The van der Waals surface area contributed by atoms with E-state index in [1.54, 1.807) is 0 Å². The molecule has 0 radical (unpaired) electrons. The molecule has 2 N–H and O–H groups in total. The highest BCUT2D eigenvalue weighted by Crippen LogP contribution is 2.35. The number of carbonyl (C=O) groups excluding carboxylic acids is 1. The molecule has 106 valence electrons. The normalized spacial score (nSPS) is 41.6. The summed E-state index contributed by atoms with van der Waals surface area (Å²) in [6.07, 6.45) is 5.02. The van der Waals surface area contributed by atoms with Crippen LogP contribution >= 0.6 is 0 Å². The molecule has 0 saturated carbocycles. The minimum absolute atomic E-state index is 0.0227. The molecule has 0 bridgehead atoms. The second-order valence-electron chi connectivity index (χ2n) is 5.54. The van der Waals surface area contributed by atoms with Crippen LogP contribution in [0.5, 0.6) is 0 Å². The number of carbonyl (C=O) groups is 1. The molecule has 0 amide bonds. The van der Waals surface area contributed by atoms with E-state index in [2.05, 4.69) is 0 Å². The standard InChI is InChI=1S/C15H22O4/c1-9-4-3-5-11(8-16)6-7-12-10(2)15(18)19-14(12)13(9)17/h4,6,10,12-14,16-17H,3,5,7-8H2,1-2H3/b9-4-,11-6+/t10-,12+,13+,14+/m0/s1. The lowest BCUT2D eigenvalue weighted by Crippen LogP contribution is -2.33. The van der Waals surface area contributed by atoms with Crippen molar-refractivity contribution in [3.8, 4) is 0 Å². The van der Waals surface area contributed by atoms with Gasteiger partial charge in [-0.25, -0.2) is 0 Å². The molecule has 1 saturated heterocycles. The van der Waals surface area contributed by atoms with E-state index in [0.717, 1.165) is 24.0 Å². The second kappa shape index (κ2) is 5.88. The van der Waals surface area contributed by atoms with Gasteiger partial charge in [0.05, 0.1) is 12.5 Å². The van der Waals surface area contributed by atoms with Crippen LogP contribution in [0.4, 0.5) is 0 Å². The van der Waals surface area contributed by atoms with E-state index in [-0.39, 0.29) is 24.4 Å². The number of rotatable bonds is 1. The minimum atomic E-state index is -0.719. The van der Waals surface area contributed by atoms with E-state index in [9.17, 15) is 15.0 Å². The van der Waals surface area contributed by atoms with Gasteiger partial charge in [0.1, 0.15) is 12.2 Å². The first-order valence-corrected chi connectivity index (χ1v) is 6.88. The number of aliphatic hydroxyl groups excluding tert-OH is 2. The first-order chi connectivity index (χ1) is 9.04. The average Bonchev–Trinajstić information content (AvgIpc) is 2.68. The highest BCUT2D eigenvalue weighted by molar-refractivity contribution is 5.75. The maximum atomic E-state index is 11.7. The molecule has 0 unspecified atom stereocenters. The molecule has 2 aliphatic rings. The lowest BCUT2D eigenvalue weighted by atomic mass is 9.83. The Hall–Kier alpha value is -1.13. The van der Waals surface area contributed by atoms with Gasteiger partial charge < -0.3 is 14.9 Å². The van der Waals surface area contributed by atoms with Crippen LogP contribution in [-0.4, -0.2) is 35.0 Å². The lowest BCUT2D eigenvalue weighted by molar-refractivity contribution is -0.146. The Bertz CT molecular complexity index is 410. The van der Waals surface area contributed by atoms with Crippen LogP contribution in [-0.2, 0) is 9.53 Å². The Morgan fingerprint density at radius 1 is 1.42 bits per heavy atom. The number of esters is 1. The van der Waals surface area contributed by atoms with Gasteiger partial charge in [0.15, 0.2) is 0 Å². The highest BCUT2D eigenvalue weighted by Gasteiger charge is 2.45. The van der Waals surface area contributed by atoms with Gasteiger partial charge in [-0.1, -0.05) is 19.1 Å². The number of allylic oxidation sites excluding steroid dienone is 2. The Kier molecular flexibility index (Phi) is 4.42. The van der Waals surface area contributed by atoms with E-state index >= 15 is 0 Å². The summed E-state index contributed by atoms with van der Waals surface area (Å²) >= 11 is 0. The summed E-state index contributed by atoms with van der Waals surface area (Å²) in [4.78, 5) is 11.7. The predicted octanol–water partition coefficient (Wildman–Crippen LogP) is 1.57. The van der Waals surface area contributed by atoms with Crippen LogP contribution in [0.15, 0.2) is 23.3 Å². The van der Waals surface area contributed by atoms with E-state index < -0.39 is 12.2 Å². The van der Waals surface area contributed by atoms with Gasteiger partial charge in [0.25, 0.3) is 0 Å². The summed E-state index contributed by atoms with van der Waals surface area (Å²) in [6.45, 7) is 3.76. The van der Waals surface area contributed by atoms with Crippen molar-refractivity contribution in [1.29, 1.82) is 0 Å². The zero-order valence-corrected chi connectivity index (χ0v) is 11.5. The Balaban J connectivity index is 2.29. The van der Waals surface area contributed by atoms with E-state index in [0.29, 0.717) is 6.42 Å². The fourth-order valence-corrected chi connectivity index (χ4v) is 2.84. The van der Waals surface area contributed by atoms with Gasteiger partial charge in [0.2, 0.25) is 0 Å². The SMILES string of the molecule is C/C1=C/CC/C(CO)=C\C[C@H]2[C@@H](OC(=O)[C@H]2C)[C@@H]1O. The number of fused-ring (bicyclic) bond motifs is 1. The Labute approximate surface area is 113 Å². The number of hydrogen-bond acceptors (Lipinski definition) is 4. The van der Waals surface area contributed by atoms with Crippen molar-refractivity contribution >= 4 is 5.97 Å². The molecule has 4 atom stereocenters. The maximum absolute atomic E-state index is 11.7. The molecule has 4 nitrogen and oxygen atoms in total. The molecular formula is C15H22O4. The van der Waals surface area contributed by atoms with Crippen molar-refractivity contribution in [2.75, 3.05) is 6.61 Å². The fourth-order valence-electron chi connectivity index (χ4n) is 2.84. The number of hydrogen-bond donors (Lipinski definition) is 2. The van der Waals surface area contributed by atoms with Crippen LogP contribution in [0.2, 0.25) is 0 Å². The van der Waals surface area contributed by atoms with Crippen LogP contribution < -0.4 is 0 Å². The summed E-state index contributed by atoms with van der Waals surface area (Å²) < 4.78 is 5.34. The highest BCUT2D eigenvalue weighted by atomic mass is 16.6. The first-order valence-electron chi connectivity index (χ1n) is 6.88. The monoisotopic (exact) mass is 266 g/mol. The fraction of sp³-hybridized carbons (Fsp3) is 0.667. The third-order valence-corrected chi connectivity index (χ3v) is 4.28. The van der Waals surface area contributed by atoms with Crippen LogP contribution in [0.1, 0.15) is 33.1 Å². The zero-order valence-electron chi connectivity index (χ0n) is 11.5. The Morgan fingerprint density at radius 2 is 2.16 bits per heavy atom. The molecular weight excluding hydrogens is 244 g/mol. The molecule has 4 heteroatoms. The van der Waals surface area contributed by atoms with Gasteiger partial charge in [-0.2, -0.15) is 0 Å². The quantitative estimate of drug-likeness (QED) is 0.558. The van der Waals surface area contributed by atoms with Crippen molar-refractivity contribution < 1.29 is 19.7 Å². The topological polar surface area (TPSA) is 66.8 Å². The molecule has 0 aromatic rings. The lowest BCUT2D eigenvalue weighted by Gasteiger charge is -2.25. The van der Waals surface area contributed by atoms with Crippen molar-refractivity contribution in [2.45, 2.75) is 45.3 Å². The van der Waals surface area contributed by atoms with Crippen molar-refractivity contribution in [1.82, 2.24) is 0 Å². The summed E-state index contributed by atoms with van der Waals surface area (Å²) in [5, 5.41) is 19.6. The molecule has 19 heavy (non-hydrogen) atoms. The van der Waals surface area contributed by atoms with Crippen molar-refractivity contribution in [2.24, 2.45) is 11.8 Å². The third kappa shape index (κ3) is 2.90. The third-order valence-electron chi connectivity index (χ3n) is 4.28. The average molecular weight is 266 g/mol. The van der Waals surface area contributed by atoms with Gasteiger partial charge in [-0.3, -0.25) is 4.79 Å².